The molecule has 0 unspecified atom stereocenters. The van der Waals surface area contributed by atoms with Crippen LogP contribution in [-0.4, -0.2) is 32.6 Å². The summed E-state index contributed by atoms with van der Waals surface area (Å²) in [5, 5.41) is 15.4. The smallest absolute Gasteiger partial charge is 0.305 e. The standard InChI is InChI=1S/C35H25N2Si.C25H20N.C21H15N2.Rh/c1-23-35(24(2)37(36-23)26-12-4-3-5-13-26)25-20-21-30-29-16-8-11-19-33(29)38(34(30)22-25)31-17-9-6-14-27(31)28-15-7-10-18-32(28)38;1-18-15-23(20-9-4-3-5-10-20)16-19(2)25(18)22-12-8-11-21(17-22)24-13-6-7-14-26-24;1-3-7-17(8-4-1)18-11-13-19(14-12-18)20-15-22-23(16-20)21-9-5-2-6-10-21;/h3-12,14-22H,1-2H3;3-10,12-17H,1-2H3;1-9,11-16H;/q3*-1;+3. The monoisotopic (exact) mass is 1230 g/mol. The van der Waals surface area contributed by atoms with Crippen LogP contribution < -0.4 is 20.7 Å². The molecule has 0 saturated carbocycles. The maximum Gasteiger partial charge on any atom is 3.00 e. The predicted octanol–water partition coefficient (Wildman–Crippen LogP) is 16.8. The number of aryl methyl sites for hydroxylation is 3. The summed E-state index contributed by atoms with van der Waals surface area (Å²) >= 11 is 0. The van der Waals surface area contributed by atoms with Crippen molar-refractivity contribution in [2.75, 3.05) is 0 Å². The third-order valence-electron chi connectivity index (χ3n) is 17.0. The van der Waals surface area contributed by atoms with Crippen molar-refractivity contribution < 1.29 is 19.5 Å². The van der Waals surface area contributed by atoms with Gasteiger partial charge in [0.2, 0.25) is 0 Å². The van der Waals surface area contributed by atoms with Gasteiger partial charge in [-0.2, -0.15) is 58.7 Å². The number of aromatic nitrogens is 5. The summed E-state index contributed by atoms with van der Waals surface area (Å²) in [5.41, 5.74) is 26.3. The molecule has 0 N–H and O–H groups in total. The Labute approximate surface area is 529 Å². The molecular weight excluding hydrogens is 1170 g/mol. The molecule has 5 nitrogen and oxygen atoms in total. The van der Waals surface area contributed by atoms with Crippen molar-refractivity contribution in [1.82, 2.24) is 24.5 Å². The molecule has 422 valence electrons. The van der Waals surface area contributed by atoms with E-state index in [-0.39, 0.29) is 19.5 Å². The van der Waals surface area contributed by atoms with Gasteiger partial charge in [-0.25, -0.2) is 0 Å². The molecule has 0 aliphatic carbocycles. The zero-order valence-electron chi connectivity index (χ0n) is 49.3. The number of benzene rings is 11. The van der Waals surface area contributed by atoms with E-state index in [0.29, 0.717) is 0 Å². The number of hydrogen-bond donors (Lipinski definition) is 0. The van der Waals surface area contributed by atoms with E-state index >= 15 is 0 Å². The maximum absolute atomic E-state index is 4.95. The maximum atomic E-state index is 4.95. The Bertz CT molecular complexity index is 4680. The topological polar surface area (TPSA) is 48.5 Å². The van der Waals surface area contributed by atoms with Gasteiger partial charge in [-0.1, -0.05) is 200 Å². The Morgan fingerprint density at radius 2 is 0.875 bits per heavy atom. The van der Waals surface area contributed by atoms with Crippen molar-refractivity contribution in [2.45, 2.75) is 27.7 Å². The summed E-state index contributed by atoms with van der Waals surface area (Å²) in [7, 11) is -2.44. The van der Waals surface area contributed by atoms with E-state index in [4.69, 9.17) is 5.10 Å². The van der Waals surface area contributed by atoms with Crippen molar-refractivity contribution in [3.8, 4) is 101 Å². The summed E-state index contributed by atoms with van der Waals surface area (Å²) in [6, 6.07) is 107. The van der Waals surface area contributed by atoms with E-state index in [1.807, 2.05) is 101 Å². The van der Waals surface area contributed by atoms with Gasteiger partial charge in [-0.05, 0) is 144 Å². The molecule has 0 atom stereocenters. The Kier molecular flexibility index (Phi) is 16.0. The summed E-state index contributed by atoms with van der Waals surface area (Å²) in [5.74, 6) is 0. The molecule has 2 aliphatic rings. The first-order valence-electron chi connectivity index (χ1n) is 29.6. The molecule has 11 aromatic carbocycles. The molecule has 88 heavy (non-hydrogen) atoms. The van der Waals surface area contributed by atoms with E-state index in [0.717, 1.165) is 45.1 Å². The molecule has 16 rings (SSSR count). The zero-order valence-corrected chi connectivity index (χ0v) is 51.9. The van der Waals surface area contributed by atoms with Crippen molar-refractivity contribution in [3.63, 3.8) is 0 Å². The Hall–Kier alpha value is -10.2. The number of rotatable bonds is 8. The molecule has 0 fully saturated rings. The summed E-state index contributed by atoms with van der Waals surface area (Å²) < 4.78 is 3.88. The Balaban J connectivity index is 0.000000126. The van der Waals surface area contributed by atoms with E-state index < -0.39 is 8.07 Å². The molecule has 7 heteroatoms. The van der Waals surface area contributed by atoms with Gasteiger partial charge in [-0.15, -0.1) is 47.5 Å². The molecule has 0 amide bonds. The molecule has 3 aromatic heterocycles. The van der Waals surface area contributed by atoms with E-state index in [9.17, 15) is 0 Å². The molecule has 0 radical (unpaired) electrons. The minimum Gasteiger partial charge on any atom is -0.305 e. The summed E-state index contributed by atoms with van der Waals surface area (Å²) in [4.78, 5) is 4.45. The molecule has 0 bridgehead atoms. The third-order valence-corrected chi connectivity index (χ3v) is 22.0. The minimum atomic E-state index is -2.44. The third kappa shape index (κ3) is 10.5. The number of nitrogens with zero attached hydrogens (tertiary/aromatic N) is 5. The summed E-state index contributed by atoms with van der Waals surface area (Å²) in [6.07, 6.45) is 5.74. The predicted molar refractivity (Wildman–Crippen MR) is 361 cm³/mol. The van der Waals surface area contributed by atoms with Gasteiger partial charge in [0.25, 0.3) is 0 Å². The van der Waals surface area contributed by atoms with Crippen LogP contribution in [0.2, 0.25) is 0 Å². The van der Waals surface area contributed by atoms with Crippen LogP contribution in [0.4, 0.5) is 0 Å². The second kappa shape index (κ2) is 24.7. The van der Waals surface area contributed by atoms with Crippen molar-refractivity contribution in [1.29, 1.82) is 0 Å². The van der Waals surface area contributed by atoms with Crippen LogP contribution in [-0.2, 0) is 19.5 Å². The van der Waals surface area contributed by atoms with E-state index in [1.54, 1.807) is 0 Å². The molecular formula is C81H60N5RhSi. The number of pyridine rings is 1. The van der Waals surface area contributed by atoms with Crippen molar-refractivity contribution >= 4 is 28.8 Å². The first kappa shape index (κ1) is 56.9. The average Bonchev–Trinajstić information content (AvgIpc) is 1.68. The van der Waals surface area contributed by atoms with Gasteiger partial charge in [-0.3, -0.25) is 9.36 Å². The molecule has 0 saturated heterocycles. The second-order valence-corrected chi connectivity index (χ2v) is 25.9. The van der Waals surface area contributed by atoms with Gasteiger partial charge in [0.15, 0.2) is 8.07 Å². The van der Waals surface area contributed by atoms with Crippen molar-refractivity contribution in [2.24, 2.45) is 0 Å². The van der Waals surface area contributed by atoms with Crippen LogP contribution in [0.15, 0.2) is 292 Å². The van der Waals surface area contributed by atoms with Crippen LogP contribution >= 0.6 is 0 Å². The fourth-order valence-corrected chi connectivity index (χ4v) is 18.8. The van der Waals surface area contributed by atoms with Gasteiger partial charge in [0, 0.05) is 29.2 Å². The number of fused-ring (bicyclic) bond motifs is 10. The fraction of sp³-hybridized carbons (Fsp3) is 0.0494. The van der Waals surface area contributed by atoms with Crippen LogP contribution in [0.5, 0.6) is 0 Å². The Morgan fingerprint density at radius 1 is 0.375 bits per heavy atom. The molecule has 5 heterocycles. The first-order chi connectivity index (χ1) is 42.8. The first-order valence-corrected chi connectivity index (χ1v) is 31.6. The van der Waals surface area contributed by atoms with Crippen molar-refractivity contribution in [3.05, 3.63) is 332 Å². The minimum absolute atomic E-state index is 0. The number of hydrogen-bond acceptors (Lipinski definition) is 3. The van der Waals surface area contributed by atoms with Crippen LogP contribution in [0.25, 0.3) is 101 Å². The second-order valence-electron chi connectivity index (χ2n) is 22.3. The zero-order chi connectivity index (χ0) is 58.8. The van der Waals surface area contributed by atoms with Gasteiger partial charge >= 0.3 is 19.5 Å². The SMILES string of the molecule is Cc1cc(-c2ccccc2)cc(C)c1-c1cc[c-]c(-c2ccccn2)c1.Cc1nn(-c2[c-]cccc2)c(C)c1-c1ccc2c(c1)[Si]1(c3ccccc3-c3ccccc31)c1ccccc1-2.[Rh+3].[c-]1ccccc1-n1cc(-c2ccc(-c3ccccc3)cc2)cn1. The van der Waals surface area contributed by atoms with Crippen LogP contribution in [0.1, 0.15) is 22.5 Å². The fourth-order valence-electron chi connectivity index (χ4n) is 13.2. The molecule has 2 aliphatic heterocycles. The Morgan fingerprint density at radius 3 is 1.45 bits per heavy atom. The van der Waals surface area contributed by atoms with Gasteiger partial charge in [0.05, 0.1) is 11.9 Å². The van der Waals surface area contributed by atoms with Crippen LogP contribution in [0.3, 0.4) is 0 Å². The van der Waals surface area contributed by atoms with E-state index in [1.165, 1.54) is 98.6 Å². The van der Waals surface area contributed by atoms with E-state index in [2.05, 4.69) is 256 Å². The molecule has 14 aromatic rings. The normalized spacial score (nSPS) is 11.9. The average molecular weight is 1230 g/mol. The largest absolute Gasteiger partial charge is 3.00 e. The number of para-hydroxylation sites is 2. The van der Waals surface area contributed by atoms with Crippen LogP contribution in [0, 0.1) is 45.9 Å². The van der Waals surface area contributed by atoms with Gasteiger partial charge in [0.1, 0.15) is 0 Å². The molecule has 1 spiro atoms. The van der Waals surface area contributed by atoms with Gasteiger partial charge < -0.3 is 4.98 Å². The quantitative estimate of drug-likeness (QED) is 0.113. The summed E-state index contributed by atoms with van der Waals surface area (Å²) in [6.45, 7) is 8.67.